The number of hydrogen-bond acceptors (Lipinski definition) is 3. The van der Waals surface area contributed by atoms with Crippen LogP contribution in [0, 0.1) is 0 Å². The lowest BCUT2D eigenvalue weighted by atomic mass is 10.2. The van der Waals surface area contributed by atoms with Gasteiger partial charge >= 0.3 is 6.09 Å². The van der Waals surface area contributed by atoms with E-state index >= 15 is 0 Å². The minimum atomic E-state index is -0.793. The predicted molar refractivity (Wildman–Crippen MR) is 38.3 cm³/mol. The van der Waals surface area contributed by atoms with E-state index in [9.17, 15) is 4.79 Å². The summed E-state index contributed by atoms with van der Waals surface area (Å²) in [6.07, 6.45) is 0.921. The minimum absolute atomic E-state index is 0.345. The summed E-state index contributed by atoms with van der Waals surface area (Å²) in [4.78, 5) is 10.2. The van der Waals surface area contributed by atoms with E-state index in [1.807, 2.05) is 0 Å². The summed E-state index contributed by atoms with van der Waals surface area (Å²) < 4.78 is 4.58. The molecule has 0 bridgehead atoms. The van der Waals surface area contributed by atoms with E-state index in [0.717, 1.165) is 0 Å². The molecule has 0 radical (unpaired) electrons. The van der Waals surface area contributed by atoms with Crippen LogP contribution >= 0.6 is 0 Å². The molecule has 4 N–H and O–H groups in total. The van der Waals surface area contributed by atoms with Crippen LogP contribution in [0.4, 0.5) is 4.79 Å². The number of carbonyl (C=O) groups excluding carboxylic acids is 1. The normalized spacial score (nSPS) is 12.1. The predicted octanol–water partition coefficient (Wildman–Crippen LogP) is -0.0149. The van der Waals surface area contributed by atoms with Crippen molar-refractivity contribution in [3.63, 3.8) is 0 Å². The van der Waals surface area contributed by atoms with Crippen LogP contribution in [0.5, 0.6) is 0 Å². The minimum Gasteiger partial charge on any atom is -0.442 e. The fraction of sp³-hybridized carbons (Fsp3) is 0.500. The molecule has 1 unspecified atom stereocenters. The molecule has 0 fully saturated rings. The first-order chi connectivity index (χ1) is 4.70. The fourth-order valence-corrected chi connectivity index (χ4v) is 0.538. The van der Waals surface area contributed by atoms with Gasteiger partial charge in [-0.3, -0.25) is 0 Å². The van der Waals surface area contributed by atoms with Crippen LogP contribution in [0.25, 0.3) is 0 Å². The van der Waals surface area contributed by atoms with E-state index in [-0.39, 0.29) is 6.10 Å². The lowest BCUT2D eigenvalue weighted by molar-refractivity contribution is 0.126. The average molecular weight is 144 g/mol. The Balaban J connectivity index is 3.59. The molecule has 0 spiro atoms. The molecule has 0 saturated carbocycles. The van der Waals surface area contributed by atoms with Crippen LogP contribution in [0.15, 0.2) is 12.7 Å². The number of ether oxygens (including phenoxy) is 1. The maximum atomic E-state index is 10.2. The number of carbonyl (C=O) groups is 1. The topological polar surface area (TPSA) is 78.3 Å². The third-order valence-electron chi connectivity index (χ3n) is 0.982. The summed E-state index contributed by atoms with van der Waals surface area (Å²) >= 11 is 0. The molecule has 0 aliphatic heterocycles. The van der Waals surface area contributed by atoms with Crippen molar-refractivity contribution in [2.24, 2.45) is 11.5 Å². The third-order valence-corrected chi connectivity index (χ3v) is 0.982. The Kier molecular flexibility index (Phi) is 4.32. The Morgan fingerprint density at radius 3 is 2.70 bits per heavy atom. The number of amides is 1. The van der Waals surface area contributed by atoms with Gasteiger partial charge in [-0.2, -0.15) is 0 Å². The first-order valence-electron chi connectivity index (χ1n) is 2.99. The van der Waals surface area contributed by atoms with Crippen molar-refractivity contribution in [3.8, 4) is 0 Å². The molecular formula is C6H12N2O2. The number of nitrogens with two attached hydrogens (primary N) is 2. The van der Waals surface area contributed by atoms with E-state index in [1.165, 1.54) is 6.08 Å². The number of rotatable bonds is 4. The second-order valence-corrected chi connectivity index (χ2v) is 1.79. The number of primary amides is 1. The second-order valence-electron chi connectivity index (χ2n) is 1.79. The molecule has 0 rings (SSSR count). The monoisotopic (exact) mass is 144 g/mol. The highest BCUT2D eigenvalue weighted by molar-refractivity contribution is 5.64. The molecule has 0 aromatic rings. The van der Waals surface area contributed by atoms with Gasteiger partial charge in [0.25, 0.3) is 0 Å². The molecule has 10 heavy (non-hydrogen) atoms. The third kappa shape index (κ3) is 3.91. The quantitative estimate of drug-likeness (QED) is 0.544. The lowest BCUT2D eigenvalue weighted by Crippen LogP contribution is -2.23. The van der Waals surface area contributed by atoms with Crippen LogP contribution in [0.3, 0.4) is 0 Å². The van der Waals surface area contributed by atoms with Gasteiger partial charge in [-0.15, -0.1) is 0 Å². The largest absolute Gasteiger partial charge is 0.442 e. The smallest absolute Gasteiger partial charge is 0.405 e. The molecule has 0 saturated heterocycles. The standard InChI is InChI=1S/C6H12N2O2/c1-2-5(3-4-7)10-6(8)9/h2,5H,1,3-4,7H2,(H2,8,9). The maximum absolute atomic E-state index is 10.2. The van der Waals surface area contributed by atoms with Gasteiger partial charge in [-0.1, -0.05) is 12.7 Å². The lowest BCUT2D eigenvalue weighted by Gasteiger charge is -2.09. The molecule has 0 aliphatic rings. The van der Waals surface area contributed by atoms with Crippen molar-refractivity contribution >= 4 is 6.09 Å². The molecule has 0 aromatic heterocycles. The SMILES string of the molecule is C=CC(CCN)OC(N)=O. The Morgan fingerprint density at radius 2 is 2.40 bits per heavy atom. The first kappa shape index (κ1) is 8.97. The van der Waals surface area contributed by atoms with Crippen LogP contribution < -0.4 is 11.5 Å². The fourth-order valence-electron chi connectivity index (χ4n) is 0.538. The van der Waals surface area contributed by atoms with Crippen LogP contribution in [0.1, 0.15) is 6.42 Å². The molecule has 0 aromatic carbocycles. The summed E-state index contributed by atoms with van der Waals surface area (Å²) in [6.45, 7) is 3.89. The summed E-state index contributed by atoms with van der Waals surface area (Å²) in [7, 11) is 0. The van der Waals surface area contributed by atoms with Gasteiger partial charge in [-0.25, -0.2) is 4.79 Å². The van der Waals surface area contributed by atoms with Crippen molar-refractivity contribution in [2.75, 3.05) is 6.54 Å². The van der Waals surface area contributed by atoms with Gasteiger partial charge in [0, 0.05) is 6.42 Å². The van der Waals surface area contributed by atoms with Gasteiger partial charge < -0.3 is 16.2 Å². The van der Waals surface area contributed by atoms with Crippen molar-refractivity contribution < 1.29 is 9.53 Å². The van der Waals surface area contributed by atoms with Crippen molar-refractivity contribution in [1.82, 2.24) is 0 Å². The summed E-state index contributed by atoms with van der Waals surface area (Å²) in [5.41, 5.74) is 9.95. The summed E-state index contributed by atoms with van der Waals surface area (Å²) in [5.74, 6) is 0. The Hall–Kier alpha value is -1.03. The van der Waals surface area contributed by atoms with Gasteiger partial charge in [0.2, 0.25) is 0 Å². The van der Waals surface area contributed by atoms with Crippen LogP contribution in [-0.4, -0.2) is 18.7 Å². The molecule has 58 valence electrons. The molecule has 1 amide bonds. The van der Waals surface area contributed by atoms with Gasteiger partial charge in [-0.05, 0) is 6.54 Å². The molecule has 0 heterocycles. The first-order valence-corrected chi connectivity index (χ1v) is 2.99. The highest BCUT2D eigenvalue weighted by Crippen LogP contribution is 1.96. The van der Waals surface area contributed by atoms with Gasteiger partial charge in [0.15, 0.2) is 0 Å². The molecule has 0 aliphatic carbocycles. The molecule has 1 atom stereocenters. The average Bonchev–Trinajstić information content (AvgIpc) is 1.86. The molecule has 4 heteroatoms. The Morgan fingerprint density at radius 1 is 1.80 bits per heavy atom. The van der Waals surface area contributed by atoms with Gasteiger partial charge in [0.05, 0.1) is 0 Å². The Labute approximate surface area is 59.8 Å². The summed E-state index contributed by atoms with van der Waals surface area (Å²) in [6, 6.07) is 0. The van der Waals surface area contributed by atoms with Crippen molar-refractivity contribution in [3.05, 3.63) is 12.7 Å². The van der Waals surface area contributed by atoms with Crippen molar-refractivity contribution in [2.45, 2.75) is 12.5 Å². The zero-order chi connectivity index (χ0) is 7.98. The van der Waals surface area contributed by atoms with Gasteiger partial charge in [0.1, 0.15) is 6.10 Å². The van der Waals surface area contributed by atoms with E-state index in [0.29, 0.717) is 13.0 Å². The number of hydrogen-bond donors (Lipinski definition) is 2. The van der Waals surface area contributed by atoms with Crippen LogP contribution in [-0.2, 0) is 4.74 Å². The highest BCUT2D eigenvalue weighted by atomic mass is 16.6. The van der Waals surface area contributed by atoms with E-state index < -0.39 is 6.09 Å². The van der Waals surface area contributed by atoms with E-state index in [4.69, 9.17) is 11.5 Å². The zero-order valence-electron chi connectivity index (χ0n) is 5.75. The van der Waals surface area contributed by atoms with Crippen molar-refractivity contribution in [1.29, 1.82) is 0 Å². The van der Waals surface area contributed by atoms with Crippen LogP contribution in [0.2, 0.25) is 0 Å². The molecular weight excluding hydrogens is 132 g/mol. The highest BCUT2D eigenvalue weighted by Gasteiger charge is 2.05. The van der Waals surface area contributed by atoms with E-state index in [1.54, 1.807) is 0 Å². The second kappa shape index (κ2) is 4.81. The summed E-state index contributed by atoms with van der Waals surface area (Å²) in [5, 5.41) is 0. The molecule has 4 nitrogen and oxygen atoms in total. The van der Waals surface area contributed by atoms with E-state index in [2.05, 4.69) is 11.3 Å². The maximum Gasteiger partial charge on any atom is 0.405 e. The Bertz CT molecular complexity index is 125. The zero-order valence-corrected chi connectivity index (χ0v) is 5.75.